The topological polar surface area (TPSA) is 53.5 Å². The van der Waals surface area contributed by atoms with Gasteiger partial charge in [-0.05, 0) is 37.1 Å². The average Bonchev–Trinajstić information content (AvgIpc) is 2.49. The summed E-state index contributed by atoms with van der Waals surface area (Å²) < 4.78 is 0. The number of benzene rings is 2. The van der Waals surface area contributed by atoms with Crippen molar-refractivity contribution >= 4 is 17.8 Å². The van der Waals surface area contributed by atoms with E-state index < -0.39 is 0 Å². The van der Waals surface area contributed by atoms with Gasteiger partial charge in [-0.15, -0.1) is 0 Å². The lowest BCUT2D eigenvalue weighted by atomic mass is 10.1. The Bertz CT molecular complexity index is 633. The van der Waals surface area contributed by atoms with Crippen molar-refractivity contribution in [2.45, 2.75) is 13.8 Å². The van der Waals surface area contributed by atoms with Gasteiger partial charge in [0.05, 0.1) is 12.8 Å². The van der Waals surface area contributed by atoms with Gasteiger partial charge in [-0.25, -0.2) is 5.43 Å². The minimum absolute atomic E-state index is 0.180. The maximum atomic E-state index is 11.7. The normalized spacial score (nSPS) is 10.6. The molecule has 2 N–H and O–H groups in total. The lowest BCUT2D eigenvalue weighted by Gasteiger charge is -2.05. The first-order valence-electron chi connectivity index (χ1n) is 6.83. The fraction of sp³-hybridized carbons (Fsp3) is 0.176. The van der Waals surface area contributed by atoms with Gasteiger partial charge in [0.1, 0.15) is 0 Å². The fourth-order valence-electron chi connectivity index (χ4n) is 1.80. The van der Waals surface area contributed by atoms with E-state index in [9.17, 15) is 4.79 Å². The van der Waals surface area contributed by atoms with Gasteiger partial charge in [-0.2, -0.15) is 5.10 Å². The van der Waals surface area contributed by atoms with Crippen LogP contribution in [-0.2, 0) is 4.79 Å². The molecule has 4 heteroatoms. The summed E-state index contributed by atoms with van der Waals surface area (Å²) in [5, 5.41) is 7.01. The largest absolute Gasteiger partial charge is 0.376 e. The van der Waals surface area contributed by atoms with Crippen LogP contribution in [0.4, 0.5) is 5.69 Å². The molecule has 0 heterocycles. The SMILES string of the molecule is Cc1ccc(NCC(=O)N/N=C/c2ccccc2C)cc1. The standard InChI is InChI=1S/C17H19N3O/c1-13-7-9-16(10-8-13)18-12-17(21)20-19-11-15-6-4-3-5-14(15)2/h3-11,18H,12H2,1-2H3,(H,20,21)/b19-11+. The van der Waals surface area contributed by atoms with Crippen LogP contribution in [0.2, 0.25) is 0 Å². The van der Waals surface area contributed by atoms with Crippen LogP contribution in [-0.4, -0.2) is 18.7 Å². The number of hydrogen-bond acceptors (Lipinski definition) is 3. The zero-order chi connectivity index (χ0) is 15.1. The second-order valence-electron chi connectivity index (χ2n) is 4.87. The highest BCUT2D eigenvalue weighted by atomic mass is 16.2. The molecule has 0 aliphatic rings. The number of anilines is 1. The van der Waals surface area contributed by atoms with Crippen LogP contribution in [0.5, 0.6) is 0 Å². The summed E-state index contributed by atoms with van der Waals surface area (Å²) in [6, 6.07) is 15.7. The third-order valence-electron chi connectivity index (χ3n) is 3.09. The predicted octanol–water partition coefficient (Wildman–Crippen LogP) is 2.87. The maximum Gasteiger partial charge on any atom is 0.259 e. The summed E-state index contributed by atoms with van der Waals surface area (Å²) in [7, 11) is 0. The number of hydrogen-bond donors (Lipinski definition) is 2. The molecule has 0 bridgehead atoms. The zero-order valence-corrected chi connectivity index (χ0v) is 12.3. The molecule has 2 aromatic rings. The van der Waals surface area contributed by atoms with Crippen molar-refractivity contribution in [3.63, 3.8) is 0 Å². The monoisotopic (exact) mass is 281 g/mol. The smallest absolute Gasteiger partial charge is 0.259 e. The highest BCUT2D eigenvalue weighted by Gasteiger charge is 1.99. The van der Waals surface area contributed by atoms with Crippen LogP contribution >= 0.6 is 0 Å². The van der Waals surface area contributed by atoms with Crippen LogP contribution < -0.4 is 10.7 Å². The number of rotatable bonds is 5. The van der Waals surface area contributed by atoms with E-state index in [-0.39, 0.29) is 12.5 Å². The molecule has 0 atom stereocenters. The molecule has 0 saturated heterocycles. The molecule has 108 valence electrons. The van der Waals surface area contributed by atoms with Crippen molar-refractivity contribution in [2.24, 2.45) is 5.10 Å². The number of hydrazone groups is 1. The first kappa shape index (κ1) is 14.8. The fourth-order valence-corrected chi connectivity index (χ4v) is 1.80. The van der Waals surface area contributed by atoms with E-state index in [0.717, 1.165) is 16.8 Å². The summed E-state index contributed by atoms with van der Waals surface area (Å²) >= 11 is 0. The third-order valence-corrected chi connectivity index (χ3v) is 3.09. The number of nitrogens with one attached hydrogen (secondary N) is 2. The van der Waals surface area contributed by atoms with E-state index in [1.54, 1.807) is 6.21 Å². The molecular weight excluding hydrogens is 262 g/mol. The lowest BCUT2D eigenvalue weighted by Crippen LogP contribution is -2.25. The number of carbonyl (C=O) groups is 1. The summed E-state index contributed by atoms with van der Waals surface area (Å²) in [4.78, 5) is 11.7. The zero-order valence-electron chi connectivity index (χ0n) is 12.3. The van der Waals surface area contributed by atoms with E-state index in [2.05, 4.69) is 15.8 Å². The summed E-state index contributed by atoms with van der Waals surface area (Å²) in [5.41, 5.74) is 6.72. The molecule has 0 aliphatic carbocycles. The third kappa shape index (κ3) is 4.76. The molecule has 0 aliphatic heterocycles. The molecule has 1 amide bonds. The Hall–Kier alpha value is -2.62. The highest BCUT2D eigenvalue weighted by Crippen LogP contribution is 2.07. The summed E-state index contributed by atoms with van der Waals surface area (Å²) in [5.74, 6) is -0.180. The molecule has 0 radical (unpaired) electrons. The summed E-state index contributed by atoms with van der Waals surface area (Å²) in [6.45, 7) is 4.22. The molecule has 0 unspecified atom stereocenters. The van der Waals surface area contributed by atoms with Gasteiger partial charge in [0, 0.05) is 5.69 Å². The second kappa shape index (κ2) is 7.24. The maximum absolute atomic E-state index is 11.7. The minimum Gasteiger partial charge on any atom is -0.376 e. The Morgan fingerprint density at radius 1 is 1.10 bits per heavy atom. The molecule has 4 nitrogen and oxygen atoms in total. The van der Waals surface area contributed by atoms with Crippen LogP contribution in [0, 0.1) is 13.8 Å². The predicted molar refractivity (Wildman–Crippen MR) is 86.6 cm³/mol. The molecule has 2 aromatic carbocycles. The highest BCUT2D eigenvalue weighted by molar-refractivity contribution is 5.85. The molecule has 2 rings (SSSR count). The quantitative estimate of drug-likeness (QED) is 0.654. The summed E-state index contributed by atoms with van der Waals surface area (Å²) in [6.07, 6.45) is 1.65. The molecule has 0 fully saturated rings. The van der Waals surface area contributed by atoms with Crippen molar-refractivity contribution in [3.8, 4) is 0 Å². The van der Waals surface area contributed by atoms with Gasteiger partial charge < -0.3 is 5.32 Å². The van der Waals surface area contributed by atoms with Gasteiger partial charge in [0.2, 0.25) is 0 Å². The van der Waals surface area contributed by atoms with Crippen molar-refractivity contribution in [2.75, 3.05) is 11.9 Å². The van der Waals surface area contributed by atoms with Crippen LogP contribution in [0.25, 0.3) is 0 Å². The van der Waals surface area contributed by atoms with Gasteiger partial charge in [-0.3, -0.25) is 4.79 Å². The molecule has 0 saturated carbocycles. The first-order chi connectivity index (χ1) is 10.1. The molecular formula is C17H19N3O. The van der Waals surface area contributed by atoms with Gasteiger partial charge >= 0.3 is 0 Å². The average molecular weight is 281 g/mol. The number of nitrogens with zero attached hydrogens (tertiary/aromatic N) is 1. The van der Waals surface area contributed by atoms with Gasteiger partial charge in [0.15, 0.2) is 0 Å². The second-order valence-corrected chi connectivity index (χ2v) is 4.87. The number of aryl methyl sites for hydroxylation is 2. The Morgan fingerprint density at radius 2 is 1.81 bits per heavy atom. The van der Waals surface area contributed by atoms with E-state index in [0.29, 0.717) is 0 Å². The number of amides is 1. The van der Waals surface area contributed by atoms with E-state index in [1.165, 1.54) is 5.56 Å². The van der Waals surface area contributed by atoms with Crippen LogP contribution in [0.15, 0.2) is 53.6 Å². The van der Waals surface area contributed by atoms with Gasteiger partial charge in [0.25, 0.3) is 5.91 Å². The van der Waals surface area contributed by atoms with Crippen LogP contribution in [0.1, 0.15) is 16.7 Å². The van der Waals surface area contributed by atoms with E-state index >= 15 is 0 Å². The number of carbonyl (C=O) groups excluding carboxylic acids is 1. The van der Waals surface area contributed by atoms with Crippen molar-refractivity contribution in [1.29, 1.82) is 0 Å². The first-order valence-corrected chi connectivity index (χ1v) is 6.83. The Kier molecular flexibility index (Phi) is 5.10. The molecule has 0 aromatic heterocycles. The van der Waals surface area contributed by atoms with E-state index in [1.807, 2.05) is 62.4 Å². The van der Waals surface area contributed by atoms with Crippen molar-refractivity contribution in [3.05, 3.63) is 65.2 Å². The Labute approximate surface area is 124 Å². The van der Waals surface area contributed by atoms with Crippen molar-refractivity contribution < 1.29 is 4.79 Å². The van der Waals surface area contributed by atoms with Crippen molar-refractivity contribution in [1.82, 2.24) is 5.43 Å². The minimum atomic E-state index is -0.180. The van der Waals surface area contributed by atoms with E-state index in [4.69, 9.17) is 0 Å². The Balaban J connectivity index is 1.80. The van der Waals surface area contributed by atoms with Crippen LogP contribution in [0.3, 0.4) is 0 Å². The lowest BCUT2D eigenvalue weighted by molar-refractivity contribution is -0.119. The molecule has 21 heavy (non-hydrogen) atoms. The van der Waals surface area contributed by atoms with Gasteiger partial charge in [-0.1, -0.05) is 42.0 Å². The Morgan fingerprint density at radius 3 is 2.52 bits per heavy atom. The molecule has 0 spiro atoms.